The first-order valence-corrected chi connectivity index (χ1v) is 8.71. The Kier molecular flexibility index (Phi) is 3.79. The van der Waals surface area contributed by atoms with Gasteiger partial charge in [0.25, 0.3) is 0 Å². The second-order valence-electron chi connectivity index (χ2n) is 6.35. The van der Waals surface area contributed by atoms with E-state index in [2.05, 4.69) is 31.4 Å². The summed E-state index contributed by atoms with van der Waals surface area (Å²) in [7, 11) is 0. The molecule has 1 aromatic carbocycles. The number of carbonyl (C=O) groups excluding carboxylic acids is 1. The lowest BCUT2D eigenvalue weighted by Crippen LogP contribution is -2.18. The zero-order valence-electron chi connectivity index (χ0n) is 14.7. The van der Waals surface area contributed by atoms with Crippen molar-refractivity contribution in [2.75, 3.05) is 5.32 Å². The van der Waals surface area contributed by atoms with Gasteiger partial charge < -0.3 is 4.57 Å². The number of hydrogen-bond acceptors (Lipinski definition) is 5. The van der Waals surface area contributed by atoms with Crippen molar-refractivity contribution in [1.82, 2.24) is 29.1 Å². The molecule has 1 amide bonds. The summed E-state index contributed by atoms with van der Waals surface area (Å²) in [4.78, 5) is 24.8. The fraction of sp³-hybridized carbons (Fsp3) is 0.0500. The third kappa shape index (κ3) is 2.96. The van der Waals surface area contributed by atoms with E-state index in [9.17, 15) is 4.79 Å². The van der Waals surface area contributed by atoms with Crippen LogP contribution in [0.5, 0.6) is 0 Å². The Hall–Kier alpha value is -4.07. The Bertz CT molecular complexity index is 1290. The first-order valence-electron chi connectivity index (χ1n) is 8.71. The van der Waals surface area contributed by atoms with Gasteiger partial charge in [-0.1, -0.05) is 24.3 Å². The molecule has 0 aliphatic rings. The molecule has 8 nitrogen and oxygen atoms in total. The van der Waals surface area contributed by atoms with E-state index in [0.29, 0.717) is 5.65 Å². The lowest BCUT2D eigenvalue weighted by molar-refractivity contribution is -0.116. The normalized spacial score (nSPS) is 11.1. The van der Waals surface area contributed by atoms with Crippen LogP contribution < -0.4 is 5.32 Å². The fourth-order valence-electron chi connectivity index (χ4n) is 3.15. The number of anilines is 1. The molecule has 0 bridgehead atoms. The third-order valence-electron chi connectivity index (χ3n) is 4.45. The molecule has 0 radical (unpaired) electrons. The smallest absolute Gasteiger partial charge is 0.249 e. The van der Waals surface area contributed by atoms with Crippen LogP contribution >= 0.6 is 0 Å². The van der Waals surface area contributed by atoms with Gasteiger partial charge in [0, 0.05) is 47.5 Å². The SMILES string of the molecule is O=C(Cn1ccnc1)Nc1nc2ccc(-c3cncc4ccccc34)cn2n1. The van der Waals surface area contributed by atoms with Crippen molar-refractivity contribution in [3.63, 3.8) is 0 Å². The summed E-state index contributed by atoms with van der Waals surface area (Å²) in [6.07, 6.45) is 10.5. The van der Waals surface area contributed by atoms with Gasteiger partial charge in [-0.05, 0) is 17.5 Å². The molecule has 5 aromatic rings. The molecular formula is C20H15N7O. The average molecular weight is 369 g/mol. The number of pyridine rings is 2. The molecular weight excluding hydrogens is 354 g/mol. The van der Waals surface area contributed by atoms with Gasteiger partial charge in [-0.25, -0.2) is 9.50 Å². The van der Waals surface area contributed by atoms with Crippen molar-refractivity contribution in [3.8, 4) is 11.1 Å². The lowest BCUT2D eigenvalue weighted by Gasteiger charge is -2.06. The summed E-state index contributed by atoms with van der Waals surface area (Å²) in [5, 5.41) is 9.28. The quantitative estimate of drug-likeness (QED) is 0.526. The number of aromatic nitrogens is 6. The van der Waals surface area contributed by atoms with Crippen molar-refractivity contribution in [1.29, 1.82) is 0 Å². The van der Waals surface area contributed by atoms with Crippen LogP contribution in [-0.2, 0) is 11.3 Å². The average Bonchev–Trinajstić information content (AvgIpc) is 3.36. The summed E-state index contributed by atoms with van der Waals surface area (Å²) in [6.45, 7) is 0.155. The maximum absolute atomic E-state index is 12.1. The highest BCUT2D eigenvalue weighted by Crippen LogP contribution is 2.27. The maximum atomic E-state index is 12.1. The summed E-state index contributed by atoms with van der Waals surface area (Å²) < 4.78 is 3.33. The number of nitrogens with one attached hydrogen (secondary N) is 1. The van der Waals surface area contributed by atoms with E-state index >= 15 is 0 Å². The van der Waals surface area contributed by atoms with Crippen LogP contribution in [-0.4, -0.2) is 35.0 Å². The Balaban J connectivity index is 1.46. The van der Waals surface area contributed by atoms with Crippen molar-refractivity contribution in [2.45, 2.75) is 6.54 Å². The number of amides is 1. The molecule has 0 aliphatic carbocycles. The number of hydrogen-bond donors (Lipinski definition) is 1. The van der Waals surface area contributed by atoms with Crippen LogP contribution in [0.1, 0.15) is 0 Å². The minimum Gasteiger partial charge on any atom is -0.328 e. The molecule has 28 heavy (non-hydrogen) atoms. The minimum atomic E-state index is -0.215. The van der Waals surface area contributed by atoms with Gasteiger partial charge in [-0.2, -0.15) is 4.98 Å². The fourth-order valence-corrected chi connectivity index (χ4v) is 3.15. The predicted molar refractivity (Wildman–Crippen MR) is 105 cm³/mol. The summed E-state index contributed by atoms with van der Waals surface area (Å²) in [6, 6.07) is 12.0. The number of benzene rings is 1. The third-order valence-corrected chi connectivity index (χ3v) is 4.45. The molecule has 0 saturated carbocycles. The van der Waals surface area contributed by atoms with E-state index < -0.39 is 0 Å². The van der Waals surface area contributed by atoms with Crippen molar-refractivity contribution >= 4 is 28.3 Å². The highest BCUT2D eigenvalue weighted by Gasteiger charge is 2.10. The van der Waals surface area contributed by atoms with Crippen LogP contribution in [0.2, 0.25) is 0 Å². The summed E-state index contributed by atoms with van der Waals surface area (Å²) >= 11 is 0. The molecule has 1 N–H and O–H groups in total. The van der Waals surface area contributed by atoms with Crippen molar-refractivity contribution in [2.24, 2.45) is 0 Å². The van der Waals surface area contributed by atoms with Gasteiger partial charge in [0.1, 0.15) is 6.54 Å². The monoisotopic (exact) mass is 369 g/mol. The van der Waals surface area contributed by atoms with E-state index in [1.54, 1.807) is 27.8 Å². The first kappa shape index (κ1) is 16.1. The molecule has 0 aliphatic heterocycles. The van der Waals surface area contributed by atoms with E-state index in [1.165, 1.54) is 0 Å². The Morgan fingerprint density at radius 1 is 1.07 bits per heavy atom. The van der Waals surface area contributed by atoms with Gasteiger partial charge in [-0.15, -0.1) is 5.10 Å². The Morgan fingerprint density at radius 2 is 2.00 bits per heavy atom. The standard InChI is InChI=1S/C20H15N7O/c28-19(12-26-8-7-21-13-26)24-20-23-18-6-5-15(11-27(18)25-20)17-10-22-9-14-3-1-2-4-16(14)17/h1-11,13H,12H2,(H,24,25,28). The van der Waals surface area contributed by atoms with E-state index in [4.69, 9.17) is 0 Å². The number of carbonyl (C=O) groups is 1. The van der Waals surface area contributed by atoms with Gasteiger partial charge in [0.15, 0.2) is 5.65 Å². The number of fused-ring (bicyclic) bond motifs is 2. The topological polar surface area (TPSA) is 90.0 Å². The van der Waals surface area contributed by atoms with Crippen LogP contribution in [0.25, 0.3) is 27.5 Å². The van der Waals surface area contributed by atoms with Crippen LogP contribution in [0.3, 0.4) is 0 Å². The molecule has 8 heteroatoms. The molecule has 0 unspecified atom stereocenters. The lowest BCUT2D eigenvalue weighted by atomic mass is 10.0. The van der Waals surface area contributed by atoms with E-state index in [0.717, 1.165) is 21.9 Å². The summed E-state index contributed by atoms with van der Waals surface area (Å²) in [5.41, 5.74) is 2.63. The zero-order valence-corrected chi connectivity index (χ0v) is 14.7. The number of rotatable bonds is 4. The van der Waals surface area contributed by atoms with E-state index in [1.807, 2.05) is 48.9 Å². The molecule has 0 fully saturated rings. The van der Waals surface area contributed by atoms with Crippen molar-refractivity contribution < 1.29 is 4.79 Å². The molecule has 0 saturated heterocycles. The Labute approximate surface area is 159 Å². The van der Waals surface area contributed by atoms with Crippen molar-refractivity contribution in [3.05, 3.63) is 73.7 Å². The van der Waals surface area contributed by atoms with Crippen LogP contribution in [0.15, 0.2) is 73.7 Å². The number of nitrogens with zero attached hydrogens (tertiary/aromatic N) is 6. The van der Waals surface area contributed by atoms with E-state index in [-0.39, 0.29) is 18.4 Å². The minimum absolute atomic E-state index is 0.155. The second kappa shape index (κ2) is 6.58. The molecule has 4 aromatic heterocycles. The Morgan fingerprint density at radius 3 is 2.89 bits per heavy atom. The second-order valence-corrected chi connectivity index (χ2v) is 6.35. The summed E-state index contributed by atoms with van der Waals surface area (Å²) in [5.74, 6) is 0.0469. The van der Waals surface area contributed by atoms with Gasteiger partial charge in [0.05, 0.1) is 6.33 Å². The first-order chi connectivity index (χ1) is 13.8. The van der Waals surface area contributed by atoms with Crippen LogP contribution in [0.4, 0.5) is 5.95 Å². The number of imidazole rings is 1. The molecule has 4 heterocycles. The molecule has 5 rings (SSSR count). The predicted octanol–water partition coefficient (Wildman–Crippen LogP) is 2.78. The van der Waals surface area contributed by atoms with Gasteiger partial charge in [-0.3, -0.25) is 15.1 Å². The molecule has 0 atom stereocenters. The van der Waals surface area contributed by atoms with Crippen LogP contribution in [0, 0.1) is 0 Å². The largest absolute Gasteiger partial charge is 0.328 e. The highest BCUT2D eigenvalue weighted by atomic mass is 16.2. The zero-order chi connectivity index (χ0) is 18.9. The molecule has 0 spiro atoms. The maximum Gasteiger partial charge on any atom is 0.249 e. The van der Waals surface area contributed by atoms with Gasteiger partial charge >= 0.3 is 0 Å². The molecule has 136 valence electrons. The highest BCUT2D eigenvalue weighted by molar-refractivity contribution is 5.95. The van der Waals surface area contributed by atoms with Gasteiger partial charge in [0.2, 0.25) is 11.9 Å².